The molecule has 1 fully saturated rings. The molecule has 0 bridgehead atoms. The Hall–Kier alpha value is -1.02. The Morgan fingerprint density at radius 3 is 2.90 bits per heavy atom. The highest BCUT2D eigenvalue weighted by Crippen LogP contribution is 2.15. The van der Waals surface area contributed by atoms with E-state index in [1.807, 2.05) is 19.1 Å². The van der Waals surface area contributed by atoms with Crippen LogP contribution in [0.1, 0.15) is 12.6 Å². The summed E-state index contributed by atoms with van der Waals surface area (Å²) in [6.07, 6.45) is 1.40. The number of pyridine rings is 1. The van der Waals surface area contributed by atoms with E-state index in [0.29, 0.717) is 13.0 Å². The third-order valence-electron chi connectivity index (χ3n) is 3.23. The van der Waals surface area contributed by atoms with E-state index in [1.54, 1.807) is 12.3 Å². The number of nitrogens with zero attached hydrogens (tertiary/aromatic N) is 2. The van der Waals surface area contributed by atoms with Crippen molar-refractivity contribution in [1.82, 2.24) is 9.29 Å². The van der Waals surface area contributed by atoms with Crippen molar-refractivity contribution in [1.29, 1.82) is 0 Å². The van der Waals surface area contributed by atoms with Gasteiger partial charge in [-0.2, -0.15) is 4.31 Å². The molecule has 0 saturated carbocycles. The van der Waals surface area contributed by atoms with Crippen molar-refractivity contribution in [2.45, 2.75) is 25.6 Å². The second-order valence-electron chi connectivity index (χ2n) is 4.96. The van der Waals surface area contributed by atoms with Crippen LogP contribution >= 0.6 is 0 Å². The van der Waals surface area contributed by atoms with E-state index >= 15 is 0 Å². The van der Waals surface area contributed by atoms with Crippen LogP contribution in [0.5, 0.6) is 0 Å². The number of rotatable bonds is 5. The molecule has 6 nitrogen and oxygen atoms in total. The number of ether oxygens (including phenoxy) is 1. The Labute approximate surface area is 119 Å². The molecule has 1 aromatic rings. The molecule has 2 atom stereocenters. The van der Waals surface area contributed by atoms with Crippen molar-refractivity contribution in [3.8, 4) is 0 Å². The first-order valence-corrected chi connectivity index (χ1v) is 8.26. The van der Waals surface area contributed by atoms with Gasteiger partial charge in [-0.1, -0.05) is 6.07 Å². The Morgan fingerprint density at radius 1 is 1.45 bits per heavy atom. The Kier molecular flexibility index (Phi) is 5.09. The van der Waals surface area contributed by atoms with Crippen LogP contribution in [-0.4, -0.2) is 60.5 Å². The van der Waals surface area contributed by atoms with Crippen molar-refractivity contribution in [2.24, 2.45) is 0 Å². The predicted octanol–water partition coefficient (Wildman–Crippen LogP) is 0.0355. The highest BCUT2D eigenvalue weighted by Gasteiger charge is 2.32. The Morgan fingerprint density at radius 2 is 2.25 bits per heavy atom. The van der Waals surface area contributed by atoms with Gasteiger partial charge in [0.05, 0.1) is 24.6 Å². The number of hydrogen-bond acceptors (Lipinski definition) is 5. The Bertz CT molecular complexity index is 520. The molecule has 20 heavy (non-hydrogen) atoms. The summed E-state index contributed by atoms with van der Waals surface area (Å²) in [5.41, 5.74) is 0.760. The quantitative estimate of drug-likeness (QED) is 0.830. The van der Waals surface area contributed by atoms with Gasteiger partial charge < -0.3 is 9.84 Å². The minimum atomic E-state index is -3.36. The first-order chi connectivity index (χ1) is 9.51. The van der Waals surface area contributed by atoms with Crippen LogP contribution in [0.4, 0.5) is 0 Å². The molecule has 112 valence electrons. The molecule has 1 aromatic heterocycles. The van der Waals surface area contributed by atoms with Crippen LogP contribution in [0.25, 0.3) is 0 Å². The third-order valence-corrected chi connectivity index (χ3v) is 5.04. The highest BCUT2D eigenvalue weighted by molar-refractivity contribution is 7.89. The number of hydrogen-bond donors (Lipinski definition) is 1. The van der Waals surface area contributed by atoms with Crippen LogP contribution in [0.3, 0.4) is 0 Å². The average Bonchev–Trinajstić information content (AvgIpc) is 2.45. The average molecular weight is 300 g/mol. The van der Waals surface area contributed by atoms with Crippen molar-refractivity contribution in [2.75, 3.05) is 25.4 Å². The summed E-state index contributed by atoms with van der Waals surface area (Å²) in [4.78, 5) is 4.13. The lowest BCUT2D eigenvalue weighted by Gasteiger charge is -2.35. The molecule has 0 aromatic carbocycles. The second-order valence-corrected chi connectivity index (χ2v) is 7.04. The maximum atomic E-state index is 12.3. The standard InChI is InChI=1S/C13H20N2O4S/c1-11-8-15(9-13(10-16)19-11)20(17,18)7-5-12-4-2-3-6-14-12/h2-4,6,11,13,16H,5,7-10H2,1H3. The molecule has 7 heteroatoms. The van der Waals surface area contributed by atoms with E-state index in [0.717, 1.165) is 5.69 Å². The van der Waals surface area contributed by atoms with Gasteiger partial charge in [0.1, 0.15) is 0 Å². The van der Waals surface area contributed by atoms with Gasteiger partial charge in [-0.05, 0) is 19.1 Å². The summed E-state index contributed by atoms with van der Waals surface area (Å²) in [6, 6.07) is 5.45. The first-order valence-electron chi connectivity index (χ1n) is 6.65. The van der Waals surface area contributed by atoms with Crippen LogP contribution in [0.2, 0.25) is 0 Å². The number of sulfonamides is 1. The molecule has 1 saturated heterocycles. The van der Waals surface area contributed by atoms with E-state index in [-0.39, 0.29) is 25.0 Å². The van der Waals surface area contributed by atoms with Gasteiger partial charge in [0.15, 0.2) is 0 Å². The number of aliphatic hydroxyl groups excluding tert-OH is 1. The van der Waals surface area contributed by atoms with E-state index in [9.17, 15) is 8.42 Å². The van der Waals surface area contributed by atoms with E-state index < -0.39 is 16.1 Å². The number of aliphatic hydroxyl groups is 1. The van der Waals surface area contributed by atoms with Gasteiger partial charge in [-0.3, -0.25) is 4.98 Å². The van der Waals surface area contributed by atoms with Gasteiger partial charge in [0, 0.05) is 31.4 Å². The van der Waals surface area contributed by atoms with Crippen molar-refractivity contribution >= 4 is 10.0 Å². The van der Waals surface area contributed by atoms with Crippen LogP contribution in [0, 0.1) is 0 Å². The van der Waals surface area contributed by atoms with Crippen molar-refractivity contribution < 1.29 is 18.3 Å². The highest BCUT2D eigenvalue weighted by atomic mass is 32.2. The zero-order valence-corrected chi connectivity index (χ0v) is 12.3. The molecular formula is C13H20N2O4S. The summed E-state index contributed by atoms with van der Waals surface area (Å²) in [5.74, 6) is 0.0227. The smallest absolute Gasteiger partial charge is 0.214 e. The summed E-state index contributed by atoms with van der Waals surface area (Å²) in [6.45, 7) is 2.19. The molecule has 0 spiro atoms. The molecule has 0 radical (unpaired) electrons. The van der Waals surface area contributed by atoms with Crippen LogP contribution < -0.4 is 0 Å². The fraction of sp³-hybridized carbons (Fsp3) is 0.615. The lowest BCUT2D eigenvalue weighted by molar-refractivity contribution is -0.0750. The van der Waals surface area contributed by atoms with E-state index in [1.165, 1.54) is 4.31 Å². The lowest BCUT2D eigenvalue weighted by atomic mass is 10.2. The molecule has 0 amide bonds. The minimum absolute atomic E-state index is 0.0227. The zero-order chi connectivity index (χ0) is 14.6. The van der Waals surface area contributed by atoms with Gasteiger partial charge in [-0.15, -0.1) is 0 Å². The maximum absolute atomic E-state index is 12.3. The van der Waals surface area contributed by atoms with Crippen molar-refractivity contribution in [3.63, 3.8) is 0 Å². The molecule has 2 unspecified atom stereocenters. The fourth-order valence-electron chi connectivity index (χ4n) is 2.24. The summed E-state index contributed by atoms with van der Waals surface area (Å²) in [7, 11) is -3.36. The molecule has 2 heterocycles. The second kappa shape index (κ2) is 6.62. The molecule has 1 aliphatic rings. The summed E-state index contributed by atoms with van der Waals surface area (Å²) in [5, 5.41) is 9.14. The molecule has 1 N–H and O–H groups in total. The molecule has 2 rings (SSSR count). The van der Waals surface area contributed by atoms with Gasteiger partial charge >= 0.3 is 0 Å². The molecule has 1 aliphatic heterocycles. The monoisotopic (exact) mass is 300 g/mol. The van der Waals surface area contributed by atoms with E-state index in [2.05, 4.69) is 4.98 Å². The predicted molar refractivity (Wildman–Crippen MR) is 74.7 cm³/mol. The first kappa shape index (κ1) is 15.4. The molecule has 0 aliphatic carbocycles. The normalized spacial score (nSPS) is 24.7. The third kappa shape index (κ3) is 3.99. The Balaban J connectivity index is 1.99. The minimum Gasteiger partial charge on any atom is -0.394 e. The summed E-state index contributed by atoms with van der Waals surface area (Å²) < 4.78 is 31.5. The zero-order valence-electron chi connectivity index (χ0n) is 11.5. The van der Waals surface area contributed by atoms with Gasteiger partial charge in [0.25, 0.3) is 0 Å². The fourth-order valence-corrected chi connectivity index (χ4v) is 3.80. The summed E-state index contributed by atoms with van der Waals surface area (Å²) >= 11 is 0. The number of aromatic nitrogens is 1. The van der Waals surface area contributed by atoms with Crippen molar-refractivity contribution in [3.05, 3.63) is 30.1 Å². The van der Waals surface area contributed by atoms with Gasteiger partial charge in [0.2, 0.25) is 10.0 Å². The lowest BCUT2D eigenvalue weighted by Crippen LogP contribution is -2.51. The maximum Gasteiger partial charge on any atom is 0.214 e. The largest absolute Gasteiger partial charge is 0.394 e. The number of aryl methyl sites for hydroxylation is 1. The van der Waals surface area contributed by atoms with Crippen LogP contribution in [-0.2, 0) is 21.2 Å². The molecular weight excluding hydrogens is 280 g/mol. The van der Waals surface area contributed by atoms with E-state index in [4.69, 9.17) is 9.84 Å². The SMILES string of the molecule is CC1CN(S(=O)(=O)CCc2ccccn2)CC(CO)O1. The topological polar surface area (TPSA) is 79.7 Å². The van der Waals surface area contributed by atoms with Gasteiger partial charge in [-0.25, -0.2) is 8.42 Å². The number of morpholine rings is 1. The van der Waals surface area contributed by atoms with Crippen LogP contribution in [0.15, 0.2) is 24.4 Å².